The zero-order chi connectivity index (χ0) is 21.2. The first-order valence-corrected chi connectivity index (χ1v) is 9.76. The van der Waals surface area contributed by atoms with Gasteiger partial charge in [0.05, 0.1) is 12.0 Å². The van der Waals surface area contributed by atoms with Crippen LogP contribution in [-0.2, 0) is 35.0 Å². The lowest BCUT2D eigenvalue weighted by molar-refractivity contribution is -0.158. The van der Waals surface area contributed by atoms with Gasteiger partial charge >= 0.3 is 11.9 Å². The molecule has 7 heteroatoms. The Labute approximate surface area is 171 Å². The maximum absolute atomic E-state index is 12.6. The van der Waals surface area contributed by atoms with Gasteiger partial charge in [0, 0.05) is 25.9 Å². The van der Waals surface area contributed by atoms with Crippen LogP contribution in [0.1, 0.15) is 25.8 Å². The number of hydrogen-bond acceptors (Lipinski definition) is 6. The number of hydrogen-bond donors (Lipinski definition) is 1. The Kier molecular flexibility index (Phi) is 8.86. The zero-order valence-corrected chi connectivity index (χ0v) is 17.1. The van der Waals surface area contributed by atoms with Crippen molar-refractivity contribution in [1.82, 2.24) is 5.32 Å². The SMILES string of the molecule is CO[C@H]1COC(=O)[C@H](C)COC(=O)[C@H](Cc2ccccc2)NC(=O)CC=C[C@H]1C. The molecule has 0 fully saturated rings. The first-order chi connectivity index (χ1) is 13.9. The van der Waals surface area contributed by atoms with Crippen LogP contribution in [0.2, 0.25) is 0 Å². The van der Waals surface area contributed by atoms with Crippen molar-refractivity contribution < 1.29 is 28.6 Å². The molecule has 1 aliphatic heterocycles. The van der Waals surface area contributed by atoms with E-state index in [2.05, 4.69) is 5.32 Å². The average Bonchev–Trinajstić information content (AvgIpc) is 2.71. The standard InChI is InChI=1S/C22H29NO6/c1-15-8-7-11-20(24)23-18(12-17-9-5-4-6-10-17)22(26)28-13-16(2)21(25)29-14-19(15)27-3/h4-10,15-16,18-19H,11-14H2,1-3H3,(H,23,24)/t15-,16-,18+,19+/m1/s1. The molecule has 0 aliphatic carbocycles. The monoisotopic (exact) mass is 403 g/mol. The van der Waals surface area contributed by atoms with Crippen LogP contribution in [0.5, 0.6) is 0 Å². The molecular weight excluding hydrogens is 374 g/mol. The minimum atomic E-state index is -0.837. The van der Waals surface area contributed by atoms with Crippen molar-refractivity contribution in [1.29, 1.82) is 0 Å². The lowest BCUT2D eigenvalue weighted by atomic mass is 10.0. The number of methoxy groups -OCH3 is 1. The van der Waals surface area contributed by atoms with Crippen LogP contribution in [0.4, 0.5) is 0 Å². The molecule has 2 rings (SSSR count). The first kappa shape index (κ1) is 22.6. The molecule has 1 amide bonds. The second kappa shape index (κ2) is 11.4. The third-order valence-corrected chi connectivity index (χ3v) is 4.80. The van der Waals surface area contributed by atoms with Gasteiger partial charge < -0.3 is 19.5 Å². The fourth-order valence-corrected chi connectivity index (χ4v) is 2.93. The Morgan fingerprint density at radius 2 is 1.72 bits per heavy atom. The summed E-state index contributed by atoms with van der Waals surface area (Å²) in [5.41, 5.74) is 0.896. The summed E-state index contributed by atoms with van der Waals surface area (Å²) in [5, 5.41) is 2.74. The van der Waals surface area contributed by atoms with Crippen molar-refractivity contribution in [2.45, 2.75) is 38.8 Å². The zero-order valence-electron chi connectivity index (χ0n) is 17.1. The van der Waals surface area contributed by atoms with E-state index < -0.39 is 23.9 Å². The molecule has 0 aromatic heterocycles. The number of cyclic esters (lactones) is 2. The summed E-state index contributed by atoms with van der Waals surface area (Å²) < 4.78 is 16.0. The average molecular weight is 403 g/mol. The van der Waals surface area contributed by atoms with Gasteiger partial charge in [-0.2, -0.15) is 0 Å². The van der Waals surface area contributed by atoms with Crippen LogP contribution in [0.3, 0.4) is 0 Å². The van der Waals surface area contributed by atoms with E-state index in [0.717, 1.165) is 5.56 Å². The Morgan fingerprint density at radius 3 is 2.41 bits per heavy atom. The van der Waals surface area contributed by atoms with Gasteiger partial charge in [-0.15, -0.1) is 0 Å². The highest BCUT2D eigenvalue weighted by atomic mass is 16.6. The van der Waals surface area contributed by atoms with Gasteiger partial charge in [0.2, 0.25) is 5.91 Å². The Bertz CT molecular complexity index is 717. The van der Waals surface area contributed by atoms with Crippen molar-refractivity contribution >= 4 is 17.8 Å². The molecule has 0 unspecified atom stereocenters. The summed E-state index contributed by atoms with van der Waals surface area (Å²) in [6, 6.07) is 8.52. The summed E-state index contributed by atoms with van der Waals surface area (Å²) in [4.78, 5) is 37.1. The number of benzene rings is 1. The second-order valence-electron chi connectivity index (χ2n) is 7.24. The number of esters is 2. The van der Waals surface area contributed by atoms with Gasteiger partial charge in [-0.05, 0) is 12.5 Å². The molecule has 0 spiro atoms. The molecule has 7 nitrogen and oxygen atoms in total. The van der Waals surface area contributed by atoms with Crippen molar-refractivity contribution in [3.05, 3.63) is 48.0 Å². The molecule has 0 bridgehead atoms. The third-order valence-electron chi connectivity index (χ3n) is 4.80. The fourth-order valence-electron chi connectivity index (χ4n) is 2.93. The molecule has 0 saturated heterocycles. The molecule has 1 aliphatic rings. The lowest BCUT2D eigenvalue weighted by Gasteiger charge is -2.21. The maximum Gasteiger partial charge on any atom is 0.329 e. The van der Waals surface area contributed by atoms with Crippen molar-refractivity contribution in [3.8, 4) is 0 Å². The van der Waals surface area contributed by atoms with Gasteiger partial charge in [0.1, 0.15) is 19.3 Å². The van der Waals surface area contributed by atoms with Crippen LogP contribution in [0, 0.1) is 11.8 Å². The number of ether oxygens (including phenoxy) is 3. The highest BCUT2D eigenvalue weighted by Gasteiger charge is 2.26. The molecule has 0 radical (unpaired) electrons. The summed E-state index contributed by atoms with van der Waals surface area (Å²) in [6.45, 7) is 3.51. The number of carbonyl (C=O) groups is 3. The minimum Gasteiger partial charge on any atom is -0.463 e. The summed E-state index contributed by atoms with van der Waals surface area (Å²) in [6.07, 6.45) is 3.66. The molecule has 29 heavy (non-hydrogen) atoms. The maximum atomic E-state index is 12.6. The van der Waals surface area contributed by atoms with Gasteiger partial charge in [-0.3, -0.25) is 9.59 Å². The highest BCUT2D eigenvalue weighted by Crippen LogP contribution is 2.12. The number of rotatable bonds is 3. The second-order valence-corrected chi connectivity index (χ2v) is 7.24. The van der Waals surface area contributed by atoms with Crippen LogP contribution in [0.25, 0.3) is 0 Å². The lowest BCUT2D eigenvalue weighted by Crippen LogP contribution is -2.43. The van der Waals surface area contributed by atoms with E-state index in [-0.39, 0.29) is 37.6 Å². The smallest absolute Gasteiger partial charge is 0.329 e. The molecule has 158 valence electrons. The highest BCUT2D eigenvalue weighted by molar-refractivity contribution is 5.85. The van der Waals surface area contributed by atoms with E-state index in [0.29, 0.717) is 6.42 Å². The van der Waals surface area contributed by atoms with E-state index in [4.69, 9.17) is 14.2 Å². The van der Waals surface area contributed by atoms with E-state index in [1.54, 1.807) is 20.1 Å². The Balaban J connectivity index is 2.17. The van der Waals surface area contributed by atoms with Crippen LogP contribution >= 0.6 is 0 Å². The molecule has 0 saturated carbocycles. The number of amides is 1. The van der Waals surface area contributed by atoms with Crippen molar-refractivity contribution in [2.24, 2.45) is 11.8 Å². The normalized spacial score (nSPS) is 27.2. The minimum absolute atomic E-state index is 0.0565. The molecule has 1 N–H and O–H groups in total. The van der Waals surface area contributed by atoms with Crippen molar-refractivity contribution in [3.63, 3.8) is 0 Å². The number of carbonyl (C=O) groups excluding carboxylic acids is 3. The molecule has 1 heterocycles. The van der Waals surface area contributed by atoms with Gasteiger partial charge in [0.15, 0.2) is 0 Å². The quantitative estimate of drug-likeness (QED) is 0.614. The third kappa shape index (κ3) is 7.34. The van der Waals surface area contributed by atoms with E-state index in [1.165, 1.54) is 0 Å². The Morgan fingerprint density at radius 1 is 1.03 bits per heavy atom. The topological polar surface area (TPSA) is 90.9 Å². The first-order valence-electron chi connectivity index (χ1n) is 9.76. The molecule has 1 aromatic carbocycles. The molecule has 1 aromatic rings. The van der Waals surface area contributed by atoms with E-state index in [9.17, 15) is 14.4 Å². The summed E-state index contributed by atoms with van der Waals surface area (Å²) in [5.74, 6) is -2.01. The van der Waals surface area contributed by atoms with Crippen LogP contribution < -0.4 is 5.32 Å². The summed E-state index contributed by atoms with van der Waals surface area (Å²) in [7, 11) is 1.54. The summed E-state index contributed by atoms with van der Waals surface area (Å²) >= 11 is 0. The predicted octanol–water partition coefficient (Wildman–Crippen LogP) is 2.05. The molecule has 4 atom stereocenters. The fraction of sp³-hybridized carbons (Fsp3) is 0.500. The Hall–Kier alpha value is -2.67. The predicted molar refractivity (Wildman–Crippen MR) is 107 cm³/mol. The van der Waals surface area contributed by atoms with Gasteiger partial charge in [-0.1, -0.05) is 49.4 Å². The van der Waals surface area contributed by atoms with E-state index >= 15 is 0 Å². The van der Waals surface area contributed by atoms with E-state index in [1.807, 2.05) is 43.3 Å². The number of nitrogens with one attached hydrogen (secondary N) is 1. The van der Waals surface area contributed by atoms with Crippen molar-refractivity contribution in [2.75, 3.05) is 20.3 Å². The van der Waals surface area contributed by atoms with Gasteiger partial charge in [0.25, 0.3) is 0 Å². The van der Waals surface area contributed by atoms with Crippen LogP contribution in [0.15, 0.2) is 42.5 Å². The van der Waals surface area contributed by atoms with Crippen LogP contribution in [-0.4, -0.2) is 50.3 Å². The molecular formula is C22H29NO6. The largest absolute Gasteiger partial charge is 0.463 e. The van der Waals surface area contributed by atoms with Gasteiger partial charge in [-0.25, -0.2) is 4.79 Å².